The zero-order chi connectivity index (χ0) is 23.1. The normalized spacial score (nSPS) is 15.3. The second-order valence-electron chi connectivity index (χ2n) is 7.77. The van der Waals surface area contributed by atoms with Gasteiger partial charge in [-0.2, -0.15) is 13.2 Å². The molecule has 2 aromatic carbocycles. The van der Waals surface area contributed by atoms with E-state index < -0.39 is 22.4 Å². The molecule has 1 aliphatic rings. The lowest BCUT2D eigenvalue weighted by Gasteiger charge is -2.32. The topological polar surface area (TPSA) is 87.5 Å². The van der Waals surface area contributed by atoms with Crippen LogP contribution in [0.5, 0.6) is 0 Å². The maximum Gasteiger partial charge on any atom is 0.416 e. The molecule has 1 saturated heterocycles. The molecule has 0 radical (unpaired) electrons. The third kappa shape index (κ3) is 6.68. The number of hydrogen-bond acceptors (Lipinski definition) is 5. The van der Waals surface area contributed by atoms with Crippen LogP contribution in [0.1, 0.15) is 30.4 Å². The van der Waals surface area contributed by atoms with Gasteiger partial charge in [-0.15, -0.1) is 0 Å². The molecular formula is C22H25F3N4O3. The van der Waals surface area contributed by atoms with Gasteiger partial charge >= 0.3 is 6.18 Å². The number of likely N-dealkylation sites (tertiary alicyclic amines) is 1. The summed E-state index contributed by atoms with van der Waals surface area (Å²) < 4.78 is 38.3. The smallest absolute Gasteiger partial charge is 0.379 e. The van der Waals surface area contributed by atoms with Crippen LogP contribution in [0.3, 0.4) is 0 Å². The summed E-state index contributed by atoms with van der Waals surface area (Å²) in [5, 5.41) is 16.8. The molecule has 0 aromatic heterocycles. The summed E-state index contributed by atoms with van der Waals surface area (Å²) in [6.45, 7) is 2.69. The Bertz CT molecular complexity index is 930. The Kier molecular flexibility index (Phi) is 7.68. The lowest BCUT2D eigenvalue weighted by molar-refractivity contribution is -0.384. The first-order chi connectivity index (χ1) is 15.2. The summed E-state index contributed by atoms with van der Waals surface area (Å²) in [5.41, 5.74) is -0.569. The zero-order valence-corrected chi connectivity index (χ0v) is 17.4. The molecule has 2 N–H and O–H groups in total. The number of carbonyl (C=O) groups excluding carboxylic acids is 1. The summed E-state index contributed by atoms with van der Waals surface area (Å²) in [4.78, 5) is 24.8. The highest BCUT2D eigenvalue weighted by Gasteiger charge is 2.33. The van der Waals surface area contributed by atoms with E-state index in [1.165, 1.54) is 5.56 Å². The average Bonchev–Trinajstić information content (AvgIpc) is 2.75. The number of anilines is 1. The number of alkyl halides is 3. The number of rotatable bonds is 8. The minimum atomic E-state index is -4.67. The third-order valence-electron chi connectivity index (χ3n) is 5.39. The van der Waals surface area contributed by atoms with Crippen molar-refractivity contribution in [3.05, 3.63) is 69.8 Å². The highest BCUT2D eigenvalue weighted by molar-refractivity contribution is 5.77. The number of nitro benzene ring substituents is 1. The molecule has 0 spiro atoms. The van der Waals surface area contributed by atoms with Crippen LogP contribution >= 0.6 is 0 Å². The number of piperidine rings is 1. The number of hydrogen-bond donors (Lipinski definition) is 2. The van der Waals surface area contributed by atoms with Crippen molar-refractivity contribution >= 4 is 17.3 Å². The largest absolute Gasteiger partial charge is 0.416 e. The first kappa shape index (κ1) is 23.5. The predicted octanol–water partition coefficient (Wildman–Crippen LogP) is 4.20. The van der Waals surface area contributed by atoms with Gasteiger partial charge in [-0.25, -0.2) is 0 Å². The molecule has 7 nitrogen and oxygen atoms in total. The highest BCUT2D eigenvalue weighted by atomic mass is 19.4. The second-order valence-corrected chi connectivity index (χ2v) is 7.77. The molecule has 10 heteroatoms. The van der Waals surface area contributed by atoms with Crippen molar-refractivity contribution in [2.45, 2.75) is 38.0 Å². The van der Waals surface area contributed by atoms with E-state index in [1.807, 2.05) is 18.2 Å². The van der Waals surface area contributed by atoms with E-state index in [-0.39, 0.29) is 30.6 Å². The van der Waals surface area contributed by atoms with Crippen molar-refractivity contribution in [1.82, 2.24) is 10.2 Å². The number of halogens is 3. The van der Waals surface area contributed by atoms with Crippen LogP contribution in [0.15, 0.2) is 48.5 Å². The van der Waals surface area contributed by atoms with Gasteiger partial charge in [0, 0.05) is 44.7 Å². The fourth-order valence-electron chi connectivity index (χ4n) is 3.70. The van der Waals surface area contributed by atoms with Crippen LogP contribution in [-0.2, 0) is 17.5 Å². The lowest BCUT2D eigenvalue weighted by atomic mass is 10.0. The van der Waals surface area contributed by atoms with Crippen molar-refractivity contribution in [2.75, 3.05) is 25.0 Å². The summed E-state index contributed by atoms with van der Waals surface area (Å²) >= 11 is 0. The van der Waals surface area contributed by atoms with Gasteiger partial charge in [-0.3, -0.25) is 19.8 Å². The first-order valence-electron chi connectivity index (χ1n) is 10.4. The molecule has 172 valence electrons. The van der Waals surface area contributed by atoms with Gasteiger partial charge in [-0.05, 0) is 30.5 Å². The Labute approximate surface area is 183 Å². The summed E-state index contributed by atoms with van der Waals surface area (Å²) in [7, 11) is 0. The number of carbonyl (C=O) groups is 1. The van der Waals surface area contributed by atoms with Crippen LogP contribution in [0.4, 0.5) is 24.5 Å². The molecule has 1 heterocycles. The Balaban J connectivity index is 1.42. The molecule has 1 amide bonds. The predicted molar refractivity (Wildman–Crippen MR) is 114 cm³/mol. The maximum atomic E-state index is 12.8. The van der Waals surface area contributed by atoms with Gasteiger partial charge in [0.2, 0.25) is 5.91 Å². The molecule has 0 unspecified atom stereocenters. The van der Waals surface area contributed by atoms with E-state index in [0.29, 0.717) is 6.07 Å². The van der Waals surface area contributed by atoms with E-state index in [1.54, 1.807) is 0 Å². The first-order valence-corrected chi connectivity index (χ1v) is 10.4. The van der Waals surface area contributed by atoms with Crippen LogP contribution in [-0.4, -0.2) is 41.4 Å². The van der Waals surface area contributed by atoms with E-state index in [2.05, 4.69) is 27.7 Å². The number of amides is 1. The van der Waals surface area contributed by atoms with Crippen LogP contribution in [0.2, 0.25) is 0 Å². The molecule has 2 aromatic rings. The van der Waals surface area contributed by atoms with E-state index >= 15 is 0 Å². The summed E-state index contributed by atoms with van der Waals surface area (Å²) in [6.07, 6.45) is -2.95. The minimum Gasteiger partial charge on any atom is -0.379 e. The van der Waals surface area contributed by atoms with Gasteiger partial charge in [0.1, 0.15) is 5.69 Å². The van der Waals surface area contributed by atoms with Crippen LogP contribution < -0.4 is 10.6 Å². The maximum absolute atomic E-state index is 12.8. The zero-order valence-electron chi connectivity index (χ0n) is 17.4. The fraction of sp³-hybridized carbons (Fsp3) is 0.409. The van der Waals surface area contributed by atoms with Gasteiger partial charge < -0.3 is 10.6 Å². The van der Waals surface area contributed by atoms with E-state index in [0.717, 1.165) is 44.6 Å². The van der Waals surface area contributed by atoms with E-state index in [4.69, 9.17) is 0 Å². The van der Waals surface area contributed by atoms with Gasteiger partial charge in [-0.1, -0.05) is 30.3 Å². The van der Waals surface area contributed by atoms with Crippen LogP contribution in [0.25, 0.3) is 0 Å². The molecule has 0 atom stereocenters. The van der Waals surface area contributed by atoms with Crippen molar-refractivity contribution in [1.29, 1.82) is 0 Å². The van der Waals surface area contributed by atoms with Gasteiger partial charge in [0.05, 0.1) is 10.5 Å². The van der Waals surface area contributed by atoms with Crippen LogP contribution in [0, 0.1) is 10.1 Å². The number of nitrogens with one attached hydrogen (secondary N) is 2. The molecule has 1 fully saturated rings. The SMILES string of the molecule is O=C(CCNc1ccc(C(F)(F)F)cc1[N+](=O)[O-])NC1CCN(Cc2ccccc2)CC1. The highest BCUT2D eigenvalue weighted by Crippen LogP contribution is 2.34. The van der Waals surface area contributed by atoms with Crippen molar-refractivity contribution in [3.63, 3.8) is 0 Å². The van der Waals surface area contributed by atoms with Crippen molar-refractivity contribution < 1.29 is 22.9 Å². The molecular weight excluding hydrogens is 425 g/mol. The minimum absolute atomic E-state index is 0.0509. The summed E-state index contributed by atoms with van der Waals surface area (Å²) in [6, 6.07) is 12.5. The Morgan fingerprint density at radius 2 is 1.81 bits per heavy atom. The lowest BCUT2D eigenvalue weighted by Crippen LogP contribution is -2.44. The Morgan fingerprint density at radius 3 is 2.44 bits per heavy atom. The van der Waals surface area contributed by atoms with Gasteiger partial charge in [0.15, 0.2) is 0 Å². The molecule has 0 bridgehead atoms. The van der Waals surface area contributed by atoms with Gasteiger partial charge in [0.25, 0.3) is 5.69 Å². The average molecular weight is 450 g/mol. The standard InChI is InChI=1S/C22H25F3N4O3/c23-22(24,25)17-6-7-19(20(14-17)29(31)32)26-11-8-21(30)27-18-9-12-28(13-10-18)15-16-4-2-1-3-5-16/h1-7,14,18,26H,8-13,15H2,(H,27,30). The molecule has 3 rings (SSSR count). The Hall–Kier alpha value is -3.14. The number of nitrogens with zero attached hydrogens (tertiary/aromatic N) is 2. The number of benzene rings is 2. The fourth-order valence-corrected chi connectivity index (χ4v) is 3.70. The Morgan fingerprint density at radius 1 is 1.12 bits per heavy atom. The molecule has 0 saturated carbocycles. The molecule has 1 aliphatic heterocycles. The molecule has 32 heavy (non-hydrogen) atoms. The van der Waals surface area contributed by atoms with E-state index in [9.17, 15) is 28.1 Å². The third-order valence-corrected chi connectivity index (χ3v) is 5.39. The summed E-state index contributed by atoms with van der Waals surface area (Å²) in [5.74, 6) is -0.200. The molecule has 0 aliphatic carbocycles. The quantitative estimate of drug-likeness (QED) is 0.465. The van der Waals surface area contributed by atoms with Crippen molar-refractivity contribution in [3.8, 4) is 0 Å². The van der Waals surface area contributed by atoms with Crippen molar-refractivity contribution in [2.24, 2.45) is 0 Å². The number of nitro groups is 1. The monoisotopic (exact) mass is 450 g/mol. The second kappa shape index (κ2) is 10.4.